The van der Waals surface area contributed by atoms with E-state index >= 15 is 0 Å². The second-order valence-electron chi connectivity index (χ2n) is 7.53. The molecule has 168 valence electrons. The van der Waals surface area contributed by atoms with Crippen molar-refractivity contribution in [1.29, 1.82) is 0 Å². The lowest BCUT2D eigenvalue weighted by molar-refractivity contribution is 0.0526. The van der Waals surface area contributed by atoms with Gasteiger partial charge in [0.25, 0.3) is 0 Å². The van der Waals surface area contributed by atoms with Gasteiger partial charge in [0.2, 0.25) is 0 Å². The third-order valence-electron chi connectivity index (χ3n) is 5.35. The smallest absolute Gasteiger partial charge is 0.338 e. The van der Waals surface area contributed by atoms with Crippen LogP contribution in [0.5, 0.6) is 5.75 Å². The largest absolute Gasteiger partial charge is 0.507 e. The van der Waals surface area contributed by atoms with Crippen LogP contribution in [0.4, 0.5) is 5.69 Å². The molecule has 0 amide bonds. The molecule has 5 rings (SSSR count). The van der Waals surface area contributed by atoms with Crippen LogP contribution in [0.1, 0.15) is 22.8 Å². The van der Waals surface area contributed by atoms with E-state index in [2.05, 4.69) is 20.7 Å². The fourth-order valence-electron chi connectivity index (χ4n) is 3.75. The topological polar surface area (TPSA) is 101 Å². The number of phenols is 1. The number of phenolic OH excluding ortho intramolecular Hbond substituents is 1. The number of hydrogen-bond donors (Lipinski definition) is 2. The number of esters is 1. The highest BCUT2D eigenvalue weighted by molar-refractivity contribution is 5.96. The highest BCUT2D eigenvalue weighted by Crippen LogP contribution is 2.30. The van der Waals surface area contributed by atoms with Crippen molar-refractivity contribution >= 4 is 34.4 Å². The SMILES string of the molecule is CCOC(=O)c1ccc(N/N=C/c2cc3ccccc3n3c(-c4ccccc4O)nnc23)cc1. The molecule has 2 N–H and O–H groups in total. The van der Waals surface area contributed by atoms with Gasteiger partial charge in [0.15, 0.2) is 11.5 Å². The quantitative estimate of drug-likeness (QED) is 0.217. The Morgan fingerprint density at radius 2 is 1.82 bits per heavy atom. The summed E-state index contributed by atoms with van der Waals surface area (Å²) < 4.78 is 6.92. The fourth-order valence-corrected chi connectivity index (χ4v) is 3.75. The third kappa shape index (κ3) is 3.93. The lowest BCUT2D eigenvalue weighted by atomic mass is 10.1. The number of anilines is 1. The van der Waals surface area contributed by atoms with Gasteiger partial charge in [0, 0.05) is 5.56 Å². The first-order chi connectivity index (χ1) is 16.7. The van der Waals surface area contributed by atoms with Crippen molar-refractivity contribution in [3.8, 4) is 17.1 Å². The Bertz CT molecular complexity index is 1520. The van der Waals surface area contributed by atoms with E-state index in [9.17, 15) is 9.90 Å². The van der Waals surface area contributed by atoms with Gasteiger partial charge in [-0.25, -0.2) is 4.79 Å². The van der Waals surface area contributed by atoms with Crippen LogP contribution in [-0.2, 0) is 4.74 Å². The Balaban J connectivity index is 1.51. The van der Waals surface area contributed by atoms with Crippen molar-refractivity contribution in [2.75, 3.05) is 12.0 Å². The summed E-state index contributed by atoms with van der Waals surface area (Å²) in [6.45, 7) is 2.10. The lowest BCUT2D eigenvalue weighted by Crippen LogP contribution is -2.04. The van der Waals surface area contributed by atoms with Gasteiger partial charge < -0.3 is 9.84 Å². The second kappa shape index (κ2) is 9.03. The van der Waals surface area contributed by atoms with E-state index in [1.165, 1.54) is 0 Å². The maximum Gasteiger partial charge on any atom is 0.338 e. The van der Waals surface area contributed by atoms with Crippen LogP contribution >= 0.6 is 0 Å². The molecule has 0 aliphatic carbocycles. The number of pyridine rings is 1. The number of benzene rings is 3. The zero-order valence-electron chi connectivity index (χ0n) is 18.3. The molecule has 0 aliphatic rings. The molecule has 0 saturated heterocycles. The van der Waals surface area contributed by atoms with Crippen molar-refractivity contribution in [3.63, 3.8) is 0 Å². The molecular weight excluding hydrogens is 430 g/mol. The van der Waals surface area contributed by atoms with Gasteiger partial charge in [-0.15, -0.1) is 10.2 Å². The summed E-state index contributed by atoms with van der Waals surface area (Å²) in [5.74, 6) is 0.318. The van der Waals surface area contributed by atoms with Crippen LogP contribution in [0.2, 0.25) is 0 Å². The number of para-hydroxylation sites is 2. The molecule has 0 spiro atoms. The van der Waals surface area contributed by atoms with E-state index in [-0.39, 0.29) is 11.7 Å². The summed E-state index contributed by atoms with van der Waals surface area (Å²) in [4.78, 5) is 11.8. The number of aromatic nitrogens is 3. The number of carbonyl (C=O) groups is 1. The van der Waals surface area contributed by atoms with E-state index in [0.717, 1.165) is 22.2 Å². The normalized spacial score (nSPS) is 11.3. The molecule has 0 radical (unpaired) electrons. The van der Waals surface area contributed by atoms with Crippen LogP contribution in [0, 0.1) is 0 Å². The number of aromatic hydroxyl groups is 1. The Morgan fingerprint density at radius 3 is 2.62 bits per heavy atom. The number of nitrogens with one attached hydrogen (secondary N) is 1. The Kier molecular flexibility index (Phi) is 5.61. The van der Waals surface area contributed by atoms with E-state index in [4.69, 9.17) is 4.74 Å². The zero-order chi connectivity index (χ0) is 23.5. The zero-order valence-corrected chi connectivity index (χ0v) is 18.3. The predicted molar refractivity (Wildman–Crippen MR) is 131 cm³/mol. The molecule has 8 nitrogen and oxygen atoms in total. The third-order valence-corrected chi connectivity index (χ3v) is 5.35. The van der Waals surface area contributed by atoms with Crippen molar-refractivity contribution in [2.45, 2.75) is 6.92 Å². The number of ether oxygens (including phenoxy) is 1. The molecule has 0 saturated carbocycles. The van der Waals surface area contributed by atoms with Crippen LogP contribution in [0.15, 0.2) is 84.0 Å². The number of hydrazone groups is 1. The van der Waals surface area contributed by atoms with Crippen LogP contribution in [0.3, 0.4) is 0 Å². The van der Waals surface area contributed by atoms with E-state index < -0.39 is 0 Å². The minimum absolute atomic E-state index is 0.132. The molecule has 2 heterocycles. The first-order valence-corrected chi connectivity index (χ1v) is 10.8. The van der Waals surface area contributed by atoms with Gasteiger partial charge in [-0.2, -0.15) is 5.10 Å². The van der Waals surface area contributed by atoms with Crippen LogP contribution < -0.4 is 5.43 Å². The summed E-state index contributed by atoms with van der Waals surface area (Å²) in [6.07, 6.45) is 1.67. The van der Waals surface area contributed by atoms with Crippen LogP contribution in [0.25, 0.3) is 27.9 Å². The van der Waals surface area contributed by atoms with Gasteiger partial charge in [-0.1, -0.05) is 30.3 Å². The Labute approximate surface area is 195 Å². The van der Waals surface area contributed by atoms with Crippen LogP contribution in [-0.4, -0.2) is 38.5 Å². The average Bonchev–Trinajstić information content (AvgIpc) is 3.30. The standard InChI is InChI=1S/C26H21N5O3/c1-2-34-26(33)17-11-13-20(14-12-17)28-27-16-19-15-18-7-3-5-9-22(18)31-24(19)29-30-25(31)21-8-4-6-10-23(21)32/h3-16,28,32H,2H2,1H3/b27-16+. The first kappa shape index (κ1) is 21.1. The monoisotopic (exact) mass is 451 g/mol. The van der Waals surface area contributed by atoms with Crippen molar-refractivity contribution in [3.05, 3.63) is 90.0 Å². The van der Waals surface area contributed by atoms with E-state index in [0.29, 0.717) is 29.2 Å². The minimum atomic E-state index is -0.358. The van der Waals surface area contributed by atoms with E-state index in [1.54, 1.807) is 49.5 Å². The maximum atomic E-state index is 11.8. The van der Waals surface area contributed by atoms with Gasteiger partial charge in [0.05, 0.1) is 35.2 Å². The Hall–Kier alpha value is -4.72. The Morgan fingerprint density at radius 1 is 1.06 bits per heavy atom. The summed E-state index contributed by atoms with van der Waals surface area (Å²) in [7, 11) is 0. The summed E-state index contributed by atoms with van der Waals surface area (Å²) in [5, 5.41) is 24.5. The molecule has 2 aromatic heterocycles. The highest BCUT2D eigenvalue weighted by atomic mass is 16.5. The van der Waals surface area contributed by atoms with Gasteiger partial charge >= 0.3 is 5.97 Å². The number of carbonyl (C=O) groups excluding carboxylic acids is 1. The summed E-state index contributed by atoms with van der Waals surface area (Å²) >= 11 is 0. The molecule has 5 aromatic rings. The molecular formula is C26H21N5O3. The predicted octanol–water partition coefficient (Wildman–Crippen LogP) is 4.88. The minimum Gasteiger partial charge on any atom is -0.507 e. The summed E-state index contributed by atoms with van der Waals surface area (Å²) in [6, 6.07) is 23.8. The molecule has 0 fully saturated rings. The number of nitrogens with zero attached hydrogens (tertiary/aromatic N) is 4. The first-order valence-electron chi connectivity index (χ1n) is 10.8. The molecule has 0 aliphatic heterocycles. The second-order valence-corrected chi connectivity index (χ2v) is 7.53. The van der Waals surface area contributed by atoms with Gasteiger partial charge in [-0.3, -0.25) is 9.83 Å². The van der Waals surface area contributed by atoms with E-state index in [1.807, 2.05) is 46.9 Å². The molecule has 0 bridgehead atoms. The number of fused-ring (bicyclic) bond motifs is 3. The molecule has 8 heteroatoms. The van der Waals surface area contributed by atoms with Crippen molar-refractivity contribution in [2.24, 2.45) is 5.10 Å². The molecule has 0 atom stereocenters. The number of rotatable bonds is 6. The van der Waals surface area contributed by atoms with Crippen molar-refractivity contribution in [1.82, 2.24) is 14.6 Å². The fraction of sp³-hybridized carbons (Fsp3) is 0.0769. The molecule has 0 unspecified atom stereocenters. The van der Waals surface area contributed by atoms with Gasteiger partial charge in [0.1, 0.15) is 5.75 Å². The van der Waals surface area contributed by atoms with Crippen molar-refractivity contribution < 1.29 is 14.6 Å². The maximum absolute atomic E-state index is 11.8. The summed E-state index contributed by atoms with van der Waals surface area (Å²) in [5.41, 5.74) is 7.04. The highest BCUT2D eigenvalue weighted by Gasteiger charge is 2.16. The van der Waals surface area contributed by atoms with Gasteiger partial charge in [-0.05, 0) is 60.8 Å². The molecule has 3 aromatic carbocycles. The average molecular weight is 451 g/mol. The lowest BCUT2D eigenvalue weighted by Gasteiger charge is -2.08. The number of hydrogen-bond acceptors (Lipinski definition) is 7. The molecule has 34 heavy (non-hydrogen) atoms.